The lowest BCUT2D eigenvalue weighted by molar-refractivity contribution is 0.0518. The zero-order chi connectivity index (χ0) is 20.1. The Kier molecular flexibility index (Phi) is 6.49. The van der Waals surface area contributed by atoms with E-state index in [1.165, 1.54) is 24.0 Å². The maximum absolute atomic E-state index is 12.9. The number of fused-ring (bicyclic) bond motifs is 1. The zero-order valence-corrected chi connectivity index (χ0v) is 17.2. The highest BCUT2D eigenvalue weighted by Crippen LogP contribution is 2.26. The topological polar surface area (TPSA) is 64.8 Å². The molecule has 2 heterocycles. The average Bonchev–Trinajstić information content (AvgIpc) is 3.43. The summed E-state index contributed by atoms with van der Waals surface area (Å²) in [6, 6.07) is 7.99. The molecular weight excluding hydrogens is 368 g/mol. The lowest BCUT2D eigenvalue weighted by Gasteiger charge is -2.24. The number of ether oxygens (including phenoxy) is 2. The molecule has 0 radical (unpaired) electrons. The van der Waals surface area contributed by atoms with E-state index >= 15 is 0 Å². The quantitative estimate of drug-likeness (QED) is 0.668. The van der Waals surface area contributed by atoms with E-state index in [-0.39, 0.29) is 18.6 Å². The lowest BCUT2D eigenvalue weighted by Crippen LogP contribution is -2.38. The van der Waals surface area contributed by atoms with E-state index in [2.05, 4.69) is 24.2 Å². The fourth-order valence-corrected chi connectivity index (χ4v) is 4.18. The Hall–Kier alpha value is -2.34. The molecule has 1 aromatic carbocycles. The summed E-state index contributed by atoms with van der Waals surface area (Å²) in [6.45, 7) is 4.41. The number of rotatable bonds is 8. The first-order valence-electron chi connectivity index (χ1n) is 10.8. The molecule has 0 bridgehead atoms. The number of aryl methyl sites for hydroxylation is 2. The van der Waals surface area contributed by atoms with Gasteiger partial charge in [-0.2, -0.15) is 0 Å². The van der Waals surface area contributed by atoms with Gasteiger partial charge >= 0.3 is 0 Å². The Morgan fingerprint density at radius 3 is 2.86 bits per heavy atom. The third-order valence-electron chi connectivity index (χ3n) is 5.71. The predicted molar refractivity (Wildman–Crippen MR) is 109 cm³/mol. The van der Waals surface area contributed by atoms with Crippen LogP contribution in [0.1, 0.15) is 66.4 Å². The van der Waals surface area contributed by atoms with Gasteiger partial charge in [0.1, 0.15) is 12.4 Å². The smallest absolute Gasteiger partial charge is 0.276 e. The molecule has 156 valence electrons. The standard InChI is InChI=1S/C23H30N2O4/c1-2-11-25(15-20-8-5-12-27-20)23(26)22-14-21(29-24-22)16-28-19-10-9-17-6-3-4-7-18(17)13-19/h9-10,13-14,20H,2-8,11-12,15-16H2,1H3. The van der Waals surface area contributed by atoms with Crippen LogP contribution in [-0.2, 0) is 24.2 Å². The van der Waals surface area contributed by atoms with Gasteiger partial charge in [0.25, 0.3) is 5.91 Å². The molecule has 1 aromatic heterocycles. The Bertz CT molecular complexity index is 826. The minimum Gasteiger partial charge on any atom is -0.486 e. The monoisotopic (exact) mass is 398 g/mol. The minimum atomic E-state index is -0.105. The lowest BCUT2D eigenvalue weighted by atomic mass is 9.92. The van der Waals surface area contributed by atoms with Crippen molar-refractivity contribution in [2.24, 2.45) is 0 Å². The van der Waals surface area contributed by atoms with Gasteiger partial charge in [-0.25, -0.2) is 0 Å². The molecule has 0 N–H and O–H groups in total. The van der Waals surface area contributed by atoms with Gasteiger partial charge in [0, 0.05) is 25.8 Å². The van der Waals surface area contributed by atoms with Crippen LogP contribution < -0.4 is 4.74 Å². The van der Waals surface area contributed by atoms with Crippen molar-refractivity contribution >= 4 is 5.91 Å². The predicted octanol–water partition coefficient (Wildman–Crippen LogP) is 4.16. The van der Waals surface area contributed by atoms with E-state index in [1.807, 2.05) is 11.0 Å². The molecule has 1 amide bonds. The molecule has 1 fully saturated rings. The van der Waals surface area contributed by atoms with Gasteiger partial charge in [-0.05, 0) is 68.2 Å². The maximum Gasteiger partial charge on any atom is 0.276 e. The second-order valence-electron chi connectivity index (χ2n) is 7.99. The van der Waals surface area contributed by atoms with Gasteiger partial charge < -0.3 is 18.9 Å². The summed E-state index contributed by atoms with van der Waals surface area (Å²) < 4.78 is 16.9. The second-order valence-corrected chi connectivity index (χ2v) is 7.99. The normalized spacial score (nSPS) is 18.4. The first kappa shape index (κ1) is 20.0. The first-order valence-corrected chi connectivity index (χ1v) is 10.8. The van der Waals surface area contributed by atoms with Crippen molar-refractivity contribution < 1.29 is 18.8 Å². The van der Waals surface area contributed by atoms with Crippen LogP contribution in [0.2, 0.25) is 0 Å². The van der Waals surface area contributed by atoms with E-state index in [0.717, 1.165) is 44.5 Å². The Morgan fingerprint density at radius 1 is 1.21 bits per heavy atom. The SMILES string of the molecule is CCCN(CC1CCCO1)C(=O)c1cc(COc2ccc3c(c2)CCCC3)on1. The highest BCUT2D eigenvalue weighted by molar-refractivity contribution is 5.92. The molecule has 4 rings (SSSR count). The molecule has 2 aromatic rings. The molecule has 6 heteroatoms. The van der Waals surface area contributed by atoms with E-state index in [4.69, 9.17) is 14.0 Å². The molecule has 1 atom stereocenters. The molecule has 1 saturated heterocycles. The average molecular weight is 399 g/mol. The van der Waals surface area contributed by atoms with Crippen molar-refractivity contribution in [2.45, 2.75) is 64.6 Å². The van der Waals surface area contributed by atoms with Crippen LogP contribution in [0.4, 0.5) is 0 Å². The number of hydrogen-bond donors (Lipinski definition) is 0. The first-order chi connectivity index (χ1) is 14.2. The molecule has 29 heavy (non-hydrogen) atoms. The summed E-state index contributed by atoms with van der Waals surface area (Å²) in [5.41, 5.74) is 3.14. The van der Waals surface area contributed by atoms with Crippen LogP contribution in [0.3, 0.4) is 0 Å². The molecular formula is C23H30N2O4. The van der Waals surface area contributed by atoms with Crippen molar-refractivity contribution in [3.05, 3.63) is 46.8 Å². The molecule has 1 unspecified atom stereocenters. The van der Waals surface area contributed by atoms with Crippen molar-refractivity contribution in [1.82, 2.24) is 10.1 Å². The summed E-state index contributed by atoms with van der Waals surface area (Å²) in [4.78, 5) is 14.7. The number of aromatic nitrogens is 1. The summed E-state index contributed by atoms with van der Waals surface area (Å²) in [5.74, 6) is 1.28. The number of carbonyl (C=O) groups excluding carboxylic acids is 1. The largest absolute Gasteiger partial charge is 0.486 e. The molecule has 1 aliphatic heterocycles. The Balaban J connectivity index is 1.36. The fraction of sp³-hybridized carbons (Fsp3) is 0.565. The van der Waals surface area contributed by atoms with Gasteiger partial charge in [0.05, 0.1) is 6.10 Å². The number of nitrogens with zero attached hydrogens (tertiary/aromatic N) is 2. The second kappa shape index (κ2) is 9.44. The van der Waals surface area contributed by atoms with Gasteiger partial charge in [-0.1, -0.05) is 18.1 Å². The summed E-state index contributed by atoms with van der Waals surface area (Å²) in [5, 5.41) is 3.99. The summed E-state index contributed by atoms with van der Waals surface area (Å²) >= 11 is 0. The summed E-state index contributed by atoms with van der Waals surface area (Å²) in [7, 11) is 0. The molecule has 1 aliphatic carbocycles. The Morgan fingerprint density at radius 2 is 2.07 bits per heavy atom. The number of carbonyl (C=O) groups is 1. The number of benzene rings is 1. The Labute approximate surface area is 172 Å². The maximum atomic E-state index is 12.9. The molecule has 6 nitrogen and oxygen atoms in total. The van der Waals surface area contributed by atoms with Gasteiger partial charge in [0.2, 0.25) is 0 Å². The van der Waals surface area contributed by atoms with Crippen LogP contribution in [0.25, 0.3) is 0 Å². The third kappa shape index (κ3) is 4.99. The van der Waals surface area contributed by atoms with Crippen LogP contribution in [0.5, 0.6) is 5.75 Å². The third-order valence-corrected chi connectivity index (χ3v) is 5.71. The van der Waals surface area contributed by atoms with E-state index in [1.54, 1.807) is 6.07 Å². The summed E-state index contributed by atoms with van der Waals surface area (Å²) in [6.07, 6.45) is 7.87. The van der Waals surface area contributed by atoms with Crippen molar-refractivity contribution in [2.75, 3.05) is 19.7 Å². The van der Waals surface area contributed by atoms with Gasteiger partial charge in [0.15, 0.2) is 11.5 Å². The number of hydrogen-bond acceptors (Lipinski definition) is 5. The molecule has 2 aliphatic rings. The number of amides is 1. The van der Waals surface area contributed by atoms with Gasteiger partial charge in [-0.15, -0.1) is 0 Å². The highest BCUT2D eigenvalue weighted by Gasteiger charge is 2.25. The van der Waals surface area contributed by atoms with E-state index < -0.39 is 0 Å². The van der Waals surface area contributed by atoms with Crippen molar-refractivity contribution in [3.63, 3.8) is 0 Å². The minimum absolute atomic E-state index is 0.105. The zero-order valence-electron chi connectivity index (χ0n) is 17.2. The van der Waals surface area contributed by atoms with Crippen molar-refractivity contribution in [1.29, 1.82) is 0 Å². The fourth-order valence-electron chi connectivity index (χ4n) is 4.18. The van der Waals surface area contributed by atoms with E-state index in [9.17, 15) is 4.79 Å². The molecule has 0 spiro atoms. The van der Waals surface area contributed by atoms with Crippen molar-refractivity contribution in [3.8, 4) is 5.75 Å². The van der Waals surface area contributed by atoms with Gasteiger partial charge in [-0.3, -0.25) is 4.79 Å². The highest BCUT2D eigenvalue weighted by atomic mass is 16.5. The van der Waals surface area contributed by atoms with E-state index in [0.29, 0.717) is 24.5 Å². The van der Waals surface area contributed by atoms with Crippen LogP contribution in [0.15, 0.2) is 28.8 Å². The van der Waals surface area contributed by atoms with Crippen LogP contribution >= 0.6 is 0 Å². The molecule has 0 saturated carbocycles. The van der Waals surface area contributed by atoms with Crippen LogP contribution in [-0.4, -0.2) is 41.8 Å². The van der Waals surface area contributed by atoms with Crippen LogP contribution in [0, 0.1) is 0 Å².